The molecule has 0 saturated carbocycles. The molecule has 1 aromatic rings. The Balaban J connectivity index is 2.43. The summed E-state index contributed by atoms with van der Waals surface area (Å²) in [7, 11) is 0. The maximum Gasteiger partial charge on any atom is 0.307 e. The molecule has 1 rings (SSSR count). The molecule has 0 aromatic heterocycles. The Morgan fingerprint density at radius 3 is 2.89 bits per heavy atom. The first-order chi connectivity index (χ1) is 8.54. The molecule has 1 aromatic carbocycles. The Labute approximate surface area is 115 Å². The highest BCUT2D eigenvalue weighted by molar-refractivity contribution is 9.10. The van der Waals surface area contributed by atoms with Crippen LogP contribution in [0.3, 0.4) is 0 Å². The van der Waals surface area contributed by atoms with Gasteiger partial charge in [-0.3, -0.25) is 4.79 Å². The van der Waals surface area contributed by atoms with Crippen LogP contribution in [0.4, 0.5) is 4.39 Å². The van der Waals surface area contributed by atoms with E-state index in [-0.39, 0.29) is 17.8 Å². The van der Waals surface area contributed by atoms with Gasteiger partial charge in [0.05, 0.1) is 17.5 Å². The molecule has 0 bridgehead atoms. The third-order valence-corrected chi connectivity index (χ3v) is 3.14. The molecule has 0 aliphatic carbocycles. The summed E-state index contributed by atoms with van der Waals surface area (Å²) in [5.74, 6) is -0.491. The Morgan fingerprint density at radius 2 is 2.28 bits per heavy atom. The number of carbonyl (C=O) groups is 1. The number of ether oxygens (including phenoxy) is 1. The fourth-order valence-corrected chi connectivity index (χ4v) is 1.92. The quantitative estimate of drug-likeness (QED) is 0.819. The van der Waals surface area contributed by atoms with Gasteiger partial charge >= 0.3 is 5.97 Å². The monoisotopic (exact) mass is 317 g/mol. The molecule has 1 unspecified atom stereocenters. The molecule has 0 spiro atoms. The van der Waals surface area contributed by atoms with Gasteiger partial charge in [0, 0.05) is 12.6 Å². The van der Waals surface area contributed by atoms with Crippen molar-refractivity contribution in [1.29, 1.82) is 0 Å². The molecule has 18 heavy (non-hydrogen) atoms. The molecule has 3 nitrogen and oxygen atoms in total. The van der Waals surface area contributed by atoms with Gasteiger partial charge in [-0.2, -0.15) is 0 Å². The summed E-state index contributed by atoms with van der Waals surface area (Å²) >= 11 is 3.15. The van der Waals surface area contributed by atoms with Crippen LogP contribution < -0.4 is 5.32 Å². The van der Waals surface area contributed by atoms with Crippen molar-refractivity contribution in [2.75, 3.05) is 13.2 Å². The van der Waals surface area contributed by atoms with E-state index in [1.165, 1.54) is 6.07 Å². The summed E-state index contributed by atoms with van der Waals surface area (Å²) in [6.07, 6.45) is 0.334. The summed E-state index contributed by atoms with van der Waals surface area (Å²) in [6, 6.07) is 4.93. The molecule has 0 fully saturated rings. The molecular weight excluding hydrogens is 301 g/mol. The molecule has 0 amide bonds. The third kappa shape index (κ3) is 4.74. The Hall–Kier alpha value is -0.940. The molecule has 1 atom stereocenters. The highest BCUT2D eigenvalue weighted by Gasteiger charge is 2.08. The molecule has 1 N–H and O–H groups in total. The zero-order valence-corrected chi connectivity index (χ0v) is 12.1. The van der Waals surface area contributed by atoms with Gasteiger partial charge in [0.2, 0.25) is 0 Å². The average molecular weight is 318 g/mol. The van der Waals surface area contributed by atoms with E-state index in [1.54, 1.807) is 19.1 Å². The number of nitrogens with one attached hydrogen (secondary N) is 1. The van der Waals surface area contributed by atoms with Crippen LogP contribution in [0.5, 0.6) is 0 Å². The van der Waals surface area contributed by atoms with Gasteiger partial charge in [0.1, 0.15) is 5.82 Å². The number of benzene rings is 1. The standard InChI is InChI=1S/C13H17BrFNO2/c1-3-18-13(17)6-7-16-9(2)10-4-5-12(15)11(14)8-10/h4-5,8-9,16H,3,6-7H2,1-2H3. The molecule has 5 heteroatoms. The van der Waals surface area contributed by atoms with E-state index in [9.17, 15) is 9.18 Å². The highest BCUT2D eigenvalue weighted by atomic mass is 79.9. The lowest BCUT2D eigenvalue weighted by molar-refractivity contribution is -0.143. The van der Waals surface area contributed by atoms with Crippen LogP contribution in [-0.4, -0.2) is 19.1 Å². The molecule has 0 aliphatic rings. The number of hydrogen-bond donors (Lipinski definition) is 1. The van der Waals surface area contributed by atoms with Crippen molar-refractivity contribution < 1.29 is 13.9 Å². The number of hydrogen-bond acceptors (Lipinski definition) is 3. The van der Waals surface area contributed by atoms with Crippen LogP contribution in [0.25, 0.3) is 0 Å². The van der Waals surface area contributed by atoms with Gasteiger partial charge in [-0.25, -0.2) is 4.39 Å². The van der Waals surface area contributed by atoms with Crippen molar-refractivity contribution in [3.8, 4) is 0 Å². The topological polar surface area (TPSA) is 38.3 Å². The van der Waals surface area contributed by atoms with Crippen molar-refractivity contribution in [1.82, 2.24) is 5.32 Å². The van der Waals surface area contributed by atoms with Crippen LogP contribution in [0, 0.1) is 5.82 Å². The van der Waals surface area contributed by atoms with E-state index in [0.29, 0.717) is 24.0 Å². The van der Waals surface area contributed by atoms with Crippen LogP contribution in [-0.2, 0) is 9.53 Å². The van der Waals surface area contributed by atoms with Gasteiger partial charge in [0.25, 0.3) is 0 Å². The van der Waals surface area contributed by atoms with E-state index in [0.717, 1.165) is 5.56 Å². The van der Waals surface area contributed by atoms with Gasteiger partial charge in [-0.15, -0.1) is 0 Å². The van der Waals surface area contributed by atoms with Crippen molar-refractivity contribution in [2.45, 2.75) is 26.3 Å². The third-order valence-electron chi connectivity index (χ3n) is 2.53. The first kappa shape index (κ1) is 15.1. The van der Waals surface area contributed by atoms with Crippen molar-refractivity contribution in [3.63, 3.8) is 0 Å². The highest BCUT2D eigenvalue weighted by Crippen LogP contribution is 2.21. The van der Waals surface area contributed by atoms with Gasteiger partial charge in [0.15, 0.2) is 0 Å². The molecule has 100 valence electrons. The fourth-order valence-electron chi connectivity index (χ4n) is 1.52. The van der Waals surface area contributed by atoms with Gasteiger partial charge < -0.3 is 10.1 Å². The lowest BCUT2D eigenvalue weighted by Gasteiger charge is -2.14. The van der Waals surface area contributed by atoms with E-state index in [2.05, 4.69) is 21.2 Å². The molecule has 0 radical (unpaired) electrons. The second-order valence-electron chi connectivity index (χ2n) is 3.90. The lowest BCUT2D eigenvalue weighted by atomic mass is 10.1. The average Bonchev–Trinajstić information content (AvgIpc) is 2.33. The predicted molar refractivity (Wildman–Crippen MR) is 71.8 cm³/mol. The Kier molecular flexibility index (Phi) is 6.29. The van der Waals surface area contributed by atoms with E-state index >= 15 is 0 Å². The van der Waals surface area contributed by atoms with Crippen molar-refractivity contribution in [3.05, 3.63) is 34.1 Å². The number of rotatable bonds is 6. The van der Waals surface area contributed by atoms with E-state index in [1.807, 2.05) is 6.92 Å². The van der Waals surface area contributed by atoms with E-state index in [4.69, 9.17) is 4.74 Å². The van der Waals surface area contributed by atoms with Crippen molar-refractivity contribution in [2.24, 2.45) is 0 Å². The first-order valence-corrected chi connectivity index (χ1v) is 6.67. The minimum Gasteiger partial charge on any atom is -0.466 e. The normalized spacial score (nSPS) is 12.2. The largest absolute Gasteiger partial charge is 0.466 e. The number of halogens is 2. The molecule has 0 aliphatic heterocycles. The van der Waals surface area contributed by atoms with E-state index < -0.39 is 0 Å². The number of carbonyl (C=O) groups excluding carboxylic acids is 1. The predicted octanol–water partition coefficient (Wildman–Crippen LogP) is 3.19. The van der Waals surface area contributed by atoms with Crippen LogP contribution >= 0.6 is 15.9 Å². The second kappa shape index (κ2) is 7.48. The fraction of sp³-hybridized carbons (Fsp3) is 0.462. The summed E-state index contributed by atoms with van der Waals surface area (Å²) in [5.41, 5.74) is 0.965. The Bertz CT molecular complexity index is 412. The first-order valence-electron chi connectivity index (χ1n) is 5.88. The zero-order chi connectivity index (χ0) is 13.5. The molecular formula is C13H17BrFNO2. The van der Waals surface area contributed by atoms with Gasteiger partial charge in [-0.05, 0) is 47.5 Å². The summed E-state index contributed by atoms with van der Waals surface area (Å²) in [6.45, 7) is 4.68. The zero-order valence-electron chi connectivity index (χ0n) is 10.5. The molecule has 0 heterocycles. The van der Waals surface area contributed by atoms with Crippen LogP contribution in [0.2, 0.25) is 0 Å². The summed E-state index contributed by atoms with van der Waals surface area (Å²) in [4.78, 5) is 11.1. The smallest absolute Gasteiger partial charge is 0.307 e. The molecule has 0 saturated heterocycles. The maximum atomic E-state index is 13.1. The van der Waals surface area contributed by atoms with Crippen molar-refractivity contribution >= 4 is 21.9 Å². The number of esters is 1. The van der Waals surface area contributed by atoms with Crippen LogP contribution in [0.1, 0.15) is 31.9 Å². The lowest BCUT2D eigenvalue weighted by Crippen LogP contribution is -2.22. The van der Waals surface area contributed by atoms with Crippen LogP contribution in [0.15, 0.2) is 22.7 Å². The second-order valence-corrected chi connectivity index (χ2v) is 4.76. The SMILES string of the molecule is CCOC(=O)CCNC(C)c1ccc(F)c(Br)c1. The van der Waals surface area contributed by atoms with Gasteiger partial charge in [-0.1, -0.05) is 6.07 Å². The summed E-state index contributed by atoms with van der Waals surface area (Å²) in [5, 5.41) is 3.19. The minimum atomic E-state index is -0.280. The maximum absolute atomic E-state index is 13.1. The summed E-state index contributed by atoms with van der Waals surface area (Å²) < 4.78 is 18.3. The minimum absolute atomic E-state index is 0.0522. The Morgan fingerprint density at radius 1 is 1.56 bits per heavy atom.